The largest absolute Gasteiger partial charge is 0.496 e. The van der Waals surface area contributed by atoms with Gasteiger partial charge < -0.3 is 15.4 Å². The molecular weight excluding hydrogens is 280 g/mol. The lowest BCUT2D eigenvalue weighted by Gasteiger charge is -2.10. The summed E-state index contributed by atoms with van der Waals surface area (Å²) in [5.41, 5.74) is 0.383. The summed E-state index contributed by atoms with van der Waals surface area (Å²) in [6, 6.07) is 4.86. The summed E-state index contributed by atoms with van der Waals surface area (Å²) in [5, 5.41) is 5.97. The van der Waals surface area contributed by atoms with Crippen molar-refractivity contribution in [2.24, 2.45) is 5.92 Å². The molecule has 1 aromatic rings. The normalized spacial score (nSPS) is 13.7. The second-order valence-electron chi connectivity index (χ2n) is 4.67. The van der Waals surface area contributed by atoms with Crippen LogP contribution in [-0.4, -0.2) is 32.0 Å². The van der Waals surface area contributed by atoms with Crippen LogP contribution in [0.4, 0.5) is 0 Å². The number of ether oxygens (including phenoxy) is 1. The Morgan fingerprint density at radius 1 is 1.30 bits per heavy atom. The van der Waals surface area contributed by atoms with Crippen LogP contribution < -0.4 is 15.4 Å². The number of amides is 2. The second kappa shape index (κ2) is 6.61. The number of hydrogen-bond acceptors (Lipinski definition) is 3. The van der Waals surface area contributed by atoms with Crippen LogP contribution in [0.15, 0.2) is 18.2 Å². The summed E-state index contributed by atoms with van der Waals surface area (Å²) in [5.74, 6) is 0.442. The smallest absolute Gasteiger partial charge is 0.255 e. The highest BCUT2D eigenvalue weighted by atomic mass is 35.5. The Bertz CT molecular complexity index is 515. The molecule has 0 aliphatic heterocycles. The fourth-order valence-corrected chi connectivity index (χ4v) is 1.98. The molecule has 108 valence electrons. The van der Waals surface area contributed by atoms with Gasteiger partial charge in [0.05, 0.1) is 12.7 Å². The molecule has 0 spiro atoms. The summed E-state index contributed by atoms with van der Waals surface area (Å²) in [4.78, 5) is 23.4. The predicted octanol–water partition coefficient (Wildman–Crippen LogP) is 1.60. The Hall–Kier alpha value is -1.75. The van der Waals surface area contributed by atoms with Gasteiger partial charge in [-0.2, -0.15) is 0 Å². The Morgan fingerprint density at radius 2 is 2.00 bits per heavy atom. The van der Waals surface area contributed by atoms with Gasteiger partial charge in [-0.25, -0.2) is 0 Å². The Kier molecular flexibility index (Phi) is 4.84. The molecule has 20 heavy (non-hydrogen) atoms. The lowest BCUT2D eigenvalue weighted by molar-refractivity contribution is -0.122. The summed E-state index contributed by atoms with van der Waals surface area (Å²) >= 11 is 5.87. The first-order valence-electron chi connectivity index (χ1n) is 6.51. The average Bonchev–Trinajstić information content (AvgIpc) is 3.27. The molecule has 0 bridgehead atoms. The molecule has 0 unspecified atom stereocenters. The molecule has 0 atom stereocenters. The minimum atomic E-state index is -0.273. The molecule has 0 aromatic heterocycles. The van der Waals surface area contributed by atoms with E-state index in [2.05, 4.69) is 10.6 Å². The van der Waals surface area contributed by atoms with Gasteiger partial charge in [-0.15, -0.1) is 0 Å². The quantitative estimate of drug-likeness (QED) is 0.784. The third-order valence-electron chi connectivity index (χ3n) is 3.06. The van der Waals surface area contributed by atoms with E-state index >= 15 is 0 Å². The van der Waals surface area contributed by atoms with E-state index in [0.717, 1.165) is 12.8 Å². The van der Waals surface area contributed by atoms with Crippen molar-refractivity contribution in [3.05, 3.63) is 28.8 Å². The SMILES string of the molecule is COc1ccc(Cl)cc1C(=O)NCCNC(=O)C1CC1. The van der Waals surface area contributed by atoms with Crippen LogP contribution in [0.2, 0.25) is 5.02 Å². The van der Waals surface area contributed by atoms with Crippen molar-refractivity contribution in [1.82, 2.24) is 10.6 Å². The van der Waals surface area contributed by atoms with Crippen molar-refractivity contribution in [1.29, 1.82) is 0 Å². The van der Waals surface area contributed by atoms with Crippen LogP contribution in [0, 0.1) is 5.92 Å². The van der Waals surface area contributed by atoms with E-state index in [-0.39, 0.29) is 17.7 Å². The van der Waals surface area contributed by atoms with Crippen molar-refractivity contribution in [2.75, 3.05) is 20.2 Å². The van der Waals surface area contributed by atoms with E-state index in [4.69, 9.17) is 16.3 Å². The van der Waals surface area contributed by atoms with Crippen LogP contribution in [0.5, 0.6) is 5.75 Å². The van der Waals surface area contributed by atoms with Gasteiger partial charge in [0.25, 0.3) is 5.91 Å². The number of benzene rings is 1. The van der Waals surface area contributed by atoms with Crippen LogP contribution in [0.1, 0.15) is 23.2 Å². The molecule has 1 saturated carbocycles. The van der Waals surface area contributed by atoms with Crippen molar-refractivity contribution in [3.63, 3.8) is 0 Å². The Morgan fingerprint density at radius 3 is 2.65 bits per heavy atom. The van der Waals surface area contributed by atoms with Crippen LogP contribution in [0.25, 0.3) is 0 Å². The van der Waals surface area contributed by atoms with Crippen molar-refractivity contribution < 1.29 is 14.3 Å². The van der Waals surface area contributed by atoms with E-state index in [1.807, 2.05) is 0 Å². The van der Waals surface area contributed by atoms with Crippen molar-refractivity contribution >= 4 is 23.4 Å². The van der Waals surface area contributed by atoms with Gasteiger partial charge in [0.2, 0.25) is 5.91 Å². The maximum absolute atomic E-state index is 12.0. The van der Waals surface area contributed by atoms with Crippen molar-refractivity contribution in [2.45, 2.75) is 12.8 Å². The second-order valence-corrected chi connectivity index (χ2v) is 5.10. The third kappa shape index (κ3) is 3.87. The van der Waals surface area contributed by atoms with Gasteiger partial charge in [-0.3, -0.25) is 9.59 Å². The predicted molar refractivity (Wildman–Crippen MR) is 76.1 cm³/mol. The maximum atomic E-state index is 12.0. The van der Waals surface area contributed by atoms with Gasteiger partial charge >= 0.3 is 0 Å². The zero-order chi connectivity index (χ0) is 14.5. The molecule has 1 fully saturated rings. The molecule has 2 rings (SSSR count). The molecule has 2 N–H and O–H groups in total. The molecule has 0 saturated heterocycles. The van der Waals surface area contributed by atoms with E-state index in [1.54, 1.807) is 18.2 Å². The Labute approximate surface area is 122 Å². The molecule has 1 aromatic carbocycles. The van der Waals surface area contributed by atoms with Gasteiger partial charge in [-0.05, 0) is 31.0 Å². The molecule has 6 heteroatoms. The highest BCUT2D eigenvalue weighted by Gasteiger charge is 2.29. The van der Waals surface area contributed by atoms with E-state index < -0.39 is 0 Å². The first kappa shape index (κ1) is 14.7. The number of halogens is 1. The minimum Gasteiger partial charge on any atom is -0.496 e. The van der Waals surface area contributed by atoms with Gasteiger partial charge in [0.15, 0.2) is 0 Å². The van der Waals surface area contributed by atoms with Gasteiger partial charge in [0, 0.05) is 24.0 Å². The first-order valence-corrected chi connectivity index (χ1v) is 6.89. The van der Waals surface area contributed by atoms with Crippen LogP contribution in [-0.2, 0) is 4.79 Å². The number of nitrogens with one attached hydrogen (secondary N) is 2. The Balaban J connectivity index is 1.81. The molecule has 2 amide bonds. The number of methoxy groups -OCH3 is 1. The summed E-state index contributed by atoms with van der Waals surface area (Å²) in [7, 11) is 1.50. The molecule has 0 heterocycles. The molecule has 0 radical (unpaired) electrons. The molecule has 1 aliphatic carbocycles. The summed E-state index contributed by atoms with van der Waals surface area (Å²) < 4.78 is 5.12. The fourth-order valence-electron chi connectivity index (χ4n) is 1.80. The maximum Gasteiger partial charge on any atom is 0.255 e. The fraction of sp³-hybridized carbons (Fsp3) is 0.429. The lowest BCUT2D eigenvalue weighted by Crippen LogP contribution is -2.35. The molecule has 5 nitrogen and oxygen atoms in total. The number of carbonyl (C=O) groups excluding carboxylic acids is 2. The monoisotopic (exact) mass is 296 g/mol. The van der Waals surface area contributed by atoms with Crippen LogP contribution in [0.3, 0.4) is 0 Å². The topological polar surface area (TPSA) is 67.4 Å². The third-order valence-corrected chi connectivity index (χ3v) is 3.30. The van der Waals surface area contributed by atoms with E-state index in [1.165, 1.54) is 7.11 Å². The summed E-state index contributed by atoms with van der Waals surface area (Å²) in [6.45, 7) is 0.789. The summed E-state index contributed by atoms with van der Waals surface area (Å²) in [6.07, 6.45) is 1.94. The highest BCUT2D eigenvalue weighted by molar-refractivity contribution is 6.31. The number of rotatable bonds is 6. The number of hydrogen-bond donors (Lipinski definition) is 2. The van der Waals surface area contributed by atoms with Gasteiger partial charge in [-0.1, -0.05) is 11.6 Å². The van der Waals surface area contributed by atoms with E-state index in [9.17, 15) is 9.59 Å². The highest BCUT2D eigenvalue weighted by Crippen LogP contribution is 2.28. The zero-order valence-corrected chi connectivity index (χ0v) is 12.0. The van der Waals surface area contributed by atoms with Crippen molar-refractivity contribution in [3.8, 4) is 5.75 Å². The molecular formula is C14H17ClN2O3. The lowest BCUT2D eigenvalue weighted by atomic mass is 10.2. The van der Waals surface area contributed by atoms with E-state index in [0.29, 0.717) is 29.4 Å². The van der Waals surface area contributed by atoms with Crippen LogP contribution >= 0.6 is 11.6 Å². The zero-order valence-electron chi connectivity index (χ0n) is 11.2. The average molecular weight is 297 g/mol. The standard InChI is InChI=1S/C14H17ClN2O3/c1-20-12-5-4-10(15)8-11(12)14(19)17-7-6-16-13(18)9-2-3-9/h4-5,8-9H,2-3,6-7H2,1H3,(H,16,18)(H,17,19). The minimum absolute atomic E-state index is 0.0691. The van der Waals surface area contributed by atoms with Gasteiger partial charge in [0.1, 0.15) is 5.75 Å². The number of carbonyl (C=O) groups is 2. The first-order chi connectivity index (χ1) is 9.61. The molecule has 1 aliphatic rings.